The van der Waals surface area contributed by atoms with E-state index in [4.69, 9.17) is 5.11 Å². The van der Waals surface area contributed by atoms with Crippen molar-refractivity contribution in [3.8, 4) is 0 Å². The van der Waals surface area contributed by atoms with E-state index < -0.39 is 5.97 Å². The highest BCUT2D eigenvalue weighted by atomic mass is 32.2. The number of rotatable bonds is 7. The average Bonchev–Trinajstić information content (AvgIpc) is 2.46. The minimum Gasteiger partial charge on any atom is -0.478 e. The number of urea groups is 1. The molecule has 116 valence electrons. The summed E-state index contributed by atoms with van der Waals surface area (Å²) < 4.78 is 0. The molecular weight excluding hydrogens is 288 g/mol. The lowest BCUT2D eigenvalue weighted by Gasteiger charge is -2.22. The molecule has 1 aromatic rings. The number of benzene rings is 1. The van der Waals surface area contributed by atoms with Crippen molar-refractivity contribution in [2.45, 2.75) is 26.3 Å². The zero-order valence-corrected chi connectivity index (χ0v) is 13.4. The number of hydrogen-bond acceptors (Lipinski definition) is 3. The average molecular weight is 310 g/mol. The molecule has 1 rings (SSSR count). The molecule has 0 aliphatic heterocycles. The molecule has 0 fully saturated rings. The van der Waals surface area contributed by atoms with Gasteiger partial charge < -0.3 is 10.4 Å². The SMILES string of the molecule is CCSCCC(C)NC(=O)N(C)c1ccccc1C(=O)O. The van der Waals surface area contributed by atoms with E-state index in [1.807, 2.05) is 18.7 Å². The Labute approximate surface area is 129 Å². The normalized spacial score (nSPS) is 11.8. The number of nitrogens with zero attached hydrogens (tertiary/aromatic N) is 1. The smallest absolute Gasteiger partial charge is 0.337 e. The van der Waals surface area contributed by atoms with Gasteiger partial charge in [-0.15, -0.1) is 0 Å². The van der Waals surface area contributed by atoms with Crippen molar-refractivity contribution in [1.82, 2.24) is 5.32 Å². The van der Waals surface area contributed by atoms with Gasteiger partial charge in [0.15, 0.2) is 0 Å². The fourth-order valence-corrected chi connectivity index (χ4v) is 2.65. The Hall–Kier alpha value is -1.69. The Morgan fingerprint density at radius 2 is 2.05 bits per heavy atom. The van der Waals surface area contributed by atoms with Crippen LogP contribution in [0.25, 0.3) is 0 Å². The first kappa shape index (κ1) is 17.4. The Morgan fingerprint density at radius 3 is 2.67 bits per heavy atom. The minimum absolute atomic E-state index is 0.0518. The molecule has 21 heavy (non-hydrogen) atoms. The van der Waals surface area contributed by atoms with Gasteiger partial charge in [0.25, 0.3) is 0 Å². The maximum atomic E-state index is 12.2. The summed E-state index contributed by atoms with van der Waals surface area (Å²) in [4.78, 5) is 24.7. The summed E-state index contributed by atoms with van der Waals surface area (Å²) >= 11 is 1.83. The number of anilines is 1. The van der Waals surface area contributed by atoms with Crippen LogP contribution in [0.3, 0.4) is 0 Å². The number of amides is 2. The highest BCUT2D eigenvalue weighted by Crippen LogP contribution is 2.19. The van der Waals surface area contributed by atoms with Gasteiger partial charge in [-0.1, -0.05) is 19.1 Å². The Bertz CT molecular complexity index is 494. The zero-order chi connectivity index (χ0) is 15.8. The van der Waals surface area contributed by atoms with Crippen molar-refractivity contribution in [2.24, 2.45) is 0 Å². The molecule has 0 aromatic heterocycles. The second-order valence-electron chi connectivity index (χ2n) is 4.72. The highest BCUT2D eigenvalue weighted by molar-refractivity contribution is 7.99. The largest absolute Gasteiger partial charge is 0.478 e. The standard InChI is InChI=1S/C15H22N2O3S/c1-4-21-10-9-11(2)16-15(20)17(3)13-8-6-5-7-12(13)14(18)19/h5-8,11H,4,9-10H2,1-3H3,(H,16,20)(H,18,19). The molecule has 0 spiro atoms. The van der Waals surface area contributed by atoms with E-state index in [1.54, 1.807) is 25.2 Å². The van der Waals surface area contributed by atoms with E-state index in [-0.39, 0.29) is 17.6 Å². The lowest BCUT2D eigenvalue weighted by atomic mass is 10.1. The summed E-state index contributed by atoms with van der Waals surface area (Å²) in [5.41, 5.74) is 0.502. The van der Waals surface area contributed by atoms with Crippen molar-refractivity contribution in [3.05, 3.63) is 29.8 Å². The van der Waals surface area contributed by atoms with Crippen LogP contribution < -0.4 is 10.2 Å². The summed E-state index contributed by atoms with van der Waals surface area (Å²) in [5, 5.41) is 12.0. The van der Waals surface area contributed by atoms with E-state index in [0.29, 0.717) is 5.69 Å². The van der Waals surface area contributed by atoms with Gasteiger partial charge in [0.05, 0.1) is 11.3 Å². The van der Waals surface area contributed by atoms with Gasteiger partial charge in [0, 0.05) is 13.1 Å². The van der Waals surface area contributed by atoms with Crippen LogP contribution in [0.4, 0.5) is 10.5 Å². The monoisotopic (exact) mass is 310 g/mol. The molecule has 0 saturated heterocycles. The topological polar surface area (TPSA) is 69.6 Å². The van der Waals surface area contributed by atoms with Crippen molar-refractivity contribution in [3.63, 3.8) is 0 Å². The van der Waals surface area contributed by atoms with E-state index in [1.165, 1.54) is 11.0 Å². The predicted molar refractivity (Wildman–Crippen MR) is 87.4 cm³/mol. The number of nitrogens with one attached hydrogen (secondary N) is 1. The fourth-order valence-electron chi connectivity index (χ4n) is 1.84. The summed E-state index contributed by atoms with van der Waals surface area (Å²) in [6, 6.07) is 6.23. The molecule has 1 aromatic carbocycles. The number of carbonyl (C=O) groups is 2. The fraction of sp³-hybridized carbons (Fsp3) is 0.467. The van der Waals surface area contributed by atoms with Gasteiger partial charge in [-0.3, -0.25) is 4.90 Å². The number of para-hydroxylation sites is 1. The maximum Gasteiger partial charge on any atom is 0.337 e. The summed E-state index contributed by atoms with van der Waals surface area (Å²) in [7, 11) is 1.57. The lowest BCUT2D eigenvalue weighted by molar-refractivity contribution is 0.0697. The molecule has 0 aliphatic rings. The van der Waals surface area contributed by atoms with E-state index in [9.17, 15) is 9.59 Å². The molecule has 0 bridgehead atoms. The van der Waals surface area contributed by atoms with Crippen LogP contribution in [-0.4, -0.2) is 41.7 Å². The molecule has 6 heteroatoms. The molecule has 0 radical (unpaired) electrons. The predicted octanol–water partition coefficient (Wildman–Crippen LogP) is 3.06. The second kappa shape index (κ2) is 8.56. The van der Waals surface area contributed by atoms with Crippen molar-refractivity contribution in [1.29, 1.82) is 0 Å². The van der Waals surface area contributed by atoms with Crippen LogP contribution >= 0.6 is 11.8 Å². The molecule has 2 N–H and O–H groups in total. The second-order valence-corrected chi connectivity index (χ2v) is 6.11. The van der Waals surface area contributed by atoms with E-state index in [0.717, 1.165) is 17.9 Å². The first-order valence-electron chi connectivity index (χ1n) is 6.91. The van der Waals surface area contributed by atoms with Gasteiger partial charge in [0.1, 0.15) is 0 Å². The number of carboxylic acid groups (broad SMARTS) is 1. The van der Waals surface area contributed by atoms with Crippen LogP contribution in [0.15, 0.2) is 24.3 Å². The first-order chi connectivity index (χ1) is 9.97. The van der Waals surface area contributed by atoms with Crippen LogP contribution in [0.5, 0.6) is 0 Å². The molecule has 0 aliphatic carbocycles. The molecule has 2 amide bonds. The van der Waals surface area contributed by atoms with Crippen LogP contribution in [-0.2, 0) is 0 Å². The van der Waals surface area contributed by atoms with E-state index in [2.05, 4.69) is 12.2 Å². The number of carbonyl (C=O) groups excluding carboxylic acids is 1. The van der Waals surface area contributed by atoms with Crippen LogP contribution in [0.1, 0.15) is 30.6 Å². The van der Waals surface area contributed by atoms with E-state index >= 15 is 0 Å². The molecule has 1 atom stereocenters. The number of carboxylic acids is 1. The summed E-state index contributed by atoms with van der Waals surface area (Å²) in [5.74, 6) is 1.01. The number of thioether (sulfide) groups is 1. The van der Waals surface area contributed by atoms with Crippen molar-refractivity contribution >= 4 is 29.4 Å². The maximum absolute atomic E-state index is 12.2. The number of aromatic carboxylic acids is 1. The third-order valence-corrected chi connectivity index (χ3v) is 4.00. The third kappa shape index (κ3) is 5.30. The molecule has 1 unspecified atom stereocenters. The lowest BCUT2D eigenvalue weighted by Crippen LogP contribution is -2.42. The summed E-state index contributed by atoms with van der Waals surface area (Å²) in [6.45, 7) is 4.05. The van der Waals surface area contributed by atoms with Crippen LogP contribution in [0.2, 0.25) is 0 Å². The van der Waals surface area contributed by atoms with Gasteiger partial charge >= 0.3 is 12.0 Å². The van der Waals surface area contributed by atoms with Crippen LogP contribution in [0, 0.1) is 0 Å². The first-order valence-corrected chi connectivity index (χ1v) is 8.07. The molecule has 0 saturated carbocycles. The number of hydrogen-bond donors (Lipinski definition) is 2. The zero-order valence-electron chi connectivity index (χ0n) is 12.6. The summed E-state index contributed by atoms with van der Waals surface area (Å²) in [6.07, 6.45) is 0.888. The molecule has 5 nitrogen and oxygen atoms in total. The molecular formula is C15H22N2O3S. The Kier molecular flexibility index (Phi) is 7.08. The Morgan fingerprint density at radius 1 is 1.38 bits per heavy atom. The minimum atomic E-state index is -1.04. The van der Waals surface area contributed by atoms with Crippen molar-refractivity contribution in [2.75, 3.05) is 23.5 Å². The van der Waals surface area contributed by atoms with Gasteiger partial charge in [0.2, 0.25) is 0 Å². The van der Waals surface area contributed by atoms with Gasteiger partial charge in [-0.25, -0.2) is 9.59 Å². The van der Waals surface area contributed by atoms with Gasteiger partial charge in [-0.05, 0) is 37.0 Å². The highest BCUT2D eigenvalue weighted by Gasteiger charge is 2.18. The third-order valence-electron chi connectivity index (χ3n) is 3.07. The quantitative estimate of drug-likeness (QED) is 0.759. The molecule has 0 heterocycles. The Balaban J connectivity index is 2.68. The van der Waals surface area contributed by atoms with Crippen molar-refractivity contribution < 1.29 is 14.7 Å². The van der Waals surface area contributed by atoms with Gasteiger partial charge in [-0.2, -0.15) is 11.8 Å².